The van der Waals surface area contributed by atoms with Crippen LogP contribution >= 0.6 is 0 Å². The average molecular weight is 408 g/mol. The summed E-state index contributed by atoms with van der Waals surface area (Å²) in [5.74, 6) is 0.465. The molecular formula is C20H20F4N4O. The molecule has 9 heteroatoms. The number of hydrogen-bond donors (Lipinski definition) is 1. The van der Waals surface area contributed by atoms with Crippen molar-refractivity contribution in [2.45, 2.75) is 37.7 Å². The number of fused-ring (bicyclic) bond motifs is 1. The van der Waals surface area contributed by atoms with Crippen molar-refractivity contribution in [2.75, 3.05) is 18.0 Å². The van der Waals surface area contributed by atoms with Gasteiger partial charge in [0.2, 0.25) is 0 Å². The van der Waals surface area contributed by atoms with Crippen LogP contribution in [0.3, 0.4) is 0 Å². The molecule has 29 heavy (non-hydrogen) atoms. The lowest BCUT2D eigenvalue weighted by Crippen LogP contribution is -2.48. The summed E-state index contributed by atoms with van der Waals surface area (Å²) in [5.41, 5.74) is -2.83. The summed E-state index contributed by atoms with van der Waals surface area (Å²) in [6, 6.07) is 8.32. The highest BCUT2D eigenvalue weighted by Crippen LogP contribution is 2.37. The molecule has 1 atom stereocenters. The van der Waals surface area contributed by atoms with Crippen LogP contribution in [0.25, 0.3) is 16.9 Å². The molecule has 0 spiro atoms. The van der Waals surface area contributed by atoms with E-state index in [1.807, 2.05) is 0 Å². The summed E-state index contributed by atoms with van der Waals surface area (Å²) in [7, 11) is 0. The van der Waals surface area contributed by atoms with Crippen LogP contribution in [0.1, 0.15) is 25.8 Å². The van der Waals surface area contributed by atoms with Gasteiger partial charge in [-0.15, -0.1) is 5.10 Å². The first-order valence-electron chi connectivity index (χ1n) is 9.17. The lowest BCUT2D eigenvalue weighted by Gasteiger charge is -2.32. The van der Waals surface area contributed by atoms with Crippen molar-refractivity contribution in [2.24, 2.45) is 0 Å². The van der Waals surface area contributed by atoms with Gasteiger partial charge in [0.25, 0.3) is 0 Å². The Kier molecular flexibility index (Phi) is 4.34. The Bertz CT molecular complexity index is 1060. The standard InChI is InChI=1S/C20H20F4N4O/c1-18(2,29)19(21)8-9-27(12-19)17-7-6-16-25-11-15(28(16)26-17)13-4-3-5-14(10-13)20(22,23)24/h3-7,10-11,29H,8-9,12H2,1-2H3/t19-/m1/s1. The van der Waals surface area contributed by atoms with E-state index in [1.165, 1.54) is 30.6 Å². The maximum Gasteiger partial charge on any atom is 0.416 e. The molecule has 0 radical (unpaired) electrons. The summed E-state index contributed by atoms with van der Waals surface area (Å²) < 4.78 is 55.7. The van der Waals surface area contributed by atoms with Gasteiger partial charge in [-0.1, -0.05) is 12.1 Å². The summed E-state index contributed by atoms with van der Waals surface area (Å²) in [6.45, 7) is 3.22. The third-order valence-corrected chi connectivity index (χ3v) is 5.47. The van der Waals surface area contributed by atoms with Gasteiger partial charge in [0.15, 0.2) is 11.3 Å². The molecule has 0 bridgehead atoms. The number of aliphatic hydroxyl groups is 1. The number of aromatic nitrogens is 3. The molecule has 1 N–H and O–H groups in total. The Labute approximate surface area is 164 Å². The number of alkyl halides is 4. The zero-order valence-corrected chi connectivity index (χ0v) is 15.9. The quantitative estimate of drug-likeness (QED) is 0.663. The number of anilines is 1. The number of hydrogen-bond acceptors (Lipinski definition) is 4. The summed E-state index contributed by atoms with van der Waals surface area (Å²) >= 11 is 0. The van der Waals surface area contributed by atoms with Gasteiger partial charge in [-0.3, -0.25) is 0 Å². The van der Waals surface area contributed by atoms with Crippen LogP contribution in [0.4, 0.5) is 23.4 Å². The fourth-order valence-corrected chi connectivity index (χ4v) is 3.55. The molecule has 0 unspecified atom stereocenters. The van der Waals surface area contributed by atoms with Crippen molar-refractivity contribution in [3.63, 3.8) is 0 Å². The van der Waals surface area contributed by atoms with E-state index < -0.39 is 23.0 Å². The van der Waals surface area contributed by atoms with Crippen LogP contribution in [-0.2, 0) is 6.18 Å². The molecule has 1 saturated heterocycles. The van der Waals surface area contributed by atoms with E-state index in [-0.39, 0.29) is 13.0 Å². The third kappa shape index (κ3) is 3.43. The fourth-order valence-electron chi connectivity index (χ4n) is 3.55. The lowest BCUT2D eigenvalue weighted by molar-refractivity contribution is -0.137. The molecule has 1 aliphatic rings. The maximum atomic E-state index is 15.1. The molecule has 154 valence electrons. The van der Waals surface area contributed by atoms with Crippen molar-refractivity contribution in [3.05, 3.63) is 48.2 Å². The van der Waals surface area contributed by atoms with Gasteiger partial charge in [-0.05, 0) is 38.1 Å². The maximum absolute atomic E-state index is 15.1. The molecule has 0 saturated carbocycles. The van der Waals surface area contributed by atoms with Gasteiger partial charge >= 0.3 is 6.18 Å². The van der Waals surface area contributed by atoms with E-state index in [0.29, 0.717) is 29.3 Å². The predicted octanol–water partition coefficient (Wildman–Crippen LogP) is 4.10. The van der Waals surface area contributed by atoms with Crippen LogP contribution in [0.2, 0.25) is 0 Å². The second-order valence-electron chi connectivity index (χ2n) is 7.88. The Morgan fingerprint density at radius 2 is 1.90 bits per heavy atom. The van der Waals surface area contributed by atoms with E-state index in [9.17, 15) is 18.3 Å². The van der Waals surface area contributed by atoms with Gasteiger partial charge in [0.1, 0.15) is 5.82 Å². The van der Waals surface area contributed by atoms with Crippen LogP contribution < -0.4 is 4.90 Å². The molecule has 1 fully saturated rings. The highest BCUT2D eigenvalue weighted by Gasteiger charge is 2.49. The Morgan fingerprint density at radius 1 is 1.14 bits per heavy atom. The first kappa shape index (κ1) is 19.6. The fraction of sp³-hybridized carbons (Fsp3) is 0.400. The zero-order valence-electron chi connectivity index (χ0n) is 15.9. The van der Waals surface area contributed by atoms with Crippen LogP contribution in [0.15, 0.2) is 42.6 Å². The van der Waals surface area contributed by atoms with Crippen molar-refractivity contribution in [1.29, 1.82) is 0 Å². The number of benzene rings is 1. The van der Waals surface area contributed by atoms with Crippen molar-refractivity contribution < 1.29 is 22.7 Å². The van der Waals surface area contributed by atoms with Gasteiger partial charge in [0, 0.05) is 18.5 Å². The Hall–Kier alpha value is -2.68. The minimum atomic E-state index is -4.45. The Balaban J connectivity index is 1.72. The monoisotopic (exact) mass is 408 g/mol. The van der Waals surface area contributed by atoms with E-state index >= 15 is 4.39 Å². The second-order valence-corrected chi connectivity index (χ2v) is 7.88. The van der Waals surface area contributed by atoms with E-state index in [4.69, 9.17) is 0 Å². The molecule has 1 aromatic carbocycles. The highest BCUT2D eigenvalue weighted by molar-refractivity contribution is 5.64. The van der Waals surface area contributed by atoms with Crippen LogP contribution in [-0.4, -0.2) is 44.1 Å². The first-order valence-corrected chi connectivity index (χ1v) is 9.17. The smallest absolute Gasteiger partial charge is 0.387 e. The lowest BCUT2D eigenvalue weighted by atomic mass is 9.87. The van der Waals surface area contributed by atoms with Gasteiger partial charge in [0.05, 0.1) is 29.6 Å². The van der Waals surface area contributed by atoms with Crippen LogP contribution in [0, 0.1) is 0 Å². The molecule has 1 aliphatic heterocycles. The van der Waals surface area contributed by atoms with Gasteiger partial charge < -0.3 is 10.0 Å². The number of nitrogens with zero attached hydrogens (tertiary/aromatic N) is 4. The summed E-state index contributed by atoms with van der Waals surface area (Å²) in [4.78, 5) is 5.92. The largest absolute Gasteiger partial charge is 0.416 e. The van der Waals surface area contributed by atoms with Crippen molar-refractivity contribution in [3.8, 4) is 11.3 Å². The third-order valence-electron chi connectivity index (χ3n) is 5.47. The van der Waals surface area contributed by atoms with Crippen LogP contribution in [0.5, 0.6) is 0 Å². The summed E-state index contributed by atoms with van der Waals surface area (Å²) in [5, 5.41) is 14.6. The Morgan fingerprint density at radius 3 is 2.55 bits per heavy atom. The average Bonchev–Trinajstić information content (AvgIpc) is 3.25. The number of rotatable bonds is 3. The van der Waals surface area contributed by atoms with Crippen molar-refractivity contribution >= 4 is 11.5 Å². The molecular weight excluding hydrogens is 388 g/mol. The predicted molar refractivity (Wildman–Crippen MR) is 100 cm³/mol. The van der Waals surface area contributed by atoms with E-state index in [2.05, 4.69) is 10.1 Å². The molecule has 0 amide bonds. The normalized spacial score (nSPS) is 20.6. The molecule has 5 nitrogen and oxygen atoms in total. The molecule has 2 aromatic heterocycles. The highest BCUT2D eigenvalue weighted by atomic mass is 19.4. The van der Waals surface area contributed by atoms with Gasteiger partial charge in [-0.2, -0.15) is 13.2 Å². The first-order chi connectivity index (χ1) is 13.5. The van der Waals surface area contributed by atoms with Crippen molar-refractivity contribution in [1.82, 2.24) is 14.6 Å². The number of halogens is 4. The minimum Gasteiger partial charge on any atom is -0.387 e. The molecule has 4 rings (SSSR count). The number of imidazole rings is 1. The van der Waals surface area contributed by atoms with E-state index in [1.54, 1.807) is 23.1 Å². The summed E-state index contributed by atoms with van der Waals surface area (Å²) in [6.07, 6.45) is -2.84. The molecule has 0 aliphatic carbocycles. The SMILES string of the molecule is CC(C)(O)[C@@]1(F)CCN(c2ccc3ncc(-c4cccc(C(F)(F)F)c4)n3n2)C1. The van der Waals surface area contributed by atoms with E-state index in [0.717, 1.165) is 12.1 Å². The zero-order chi connectivity index (χ0) is 21.0. The molecule has 3 heterocycles. The second kappa shape index (κ2) is 6.41. The topological polar surface area (TPSA) is 53.7 Å². The minimum absolute atomic E-state index is 0.0252. The van der Waals surface area contributed by atoms with Gasteiger partial charge in [-0.25, -0.2) is 13.9 Å². The molecule has 3 aromatic rings.